The largest absolute Gasteiger partial charge is 0.434 e. The molecule has 1 aromatic carbocycles. The fourth-order valence-corrected chi connectivity index (χ4v) is 4.04. The van der Waals surface area contributed by atoms with E-state index in [1.54, 1.807) is 13.1 Å². The molecule has 1 aliphatic rings. The van der Waals surface area contributed by atoms with Crippen LogP contribution in [0.1, 0.15) is 23.5 Å². The van der Waals surface area contributed by atoms with E-state index < -0.39 is 11.9 Å². The second-order valence-corrected chi connectivity index (χ2v) is 7.73. The third-order valence-corrected chi connectivity index (χ3v) is 5.54. The minimum atomic E-state index is -4.41. The van der Waals surface area contributed by atoms with Crippen molar-refractivity contribution in [1.29, 1.82) is 0 Å². The van der Waals surface area contributed by atoms with Gasteiger partial charge in [0.05, 0.1) is 5.01 Å². The van der Waals surface area contributed by atoms with Gasteiger partial charge in [0.25, 0.3) is 0 Å². The molecule has 1 atom stereocenters. The van der Waals surface area contributed by atoms with Crippen molar-refractivity contribution in [3.8, 4) is 0 Å². The molecule has 5 nitrogen and oxygen atoms in total. The lowest BCUT2D eigenvalue weighted by atomic mass is 10.0. The summed E-state index contributed by atoms with van der Waals surface area (Å²) in [6.07, 6.45) is -2.12. The van der Waals surface area contributed by atoms with Gasteiger partial charge in [0.15, 0.2) is 11.7 Å². The fourth-order valence-electron chi connectivity index (χ4n) is 3.23. The van der Waals surface area contributed by atoms with Crippen LogP contribution < -0.4 is 15.5 Å². The van der Waals surface area contributed by atoms with Gasteiger partial charge in [-0.2, -0.15) is 13.2 Å². The number of aromatic nitrogens is 1. The number of guanidine groups is 1. The van der Waals surface area contributed by atoms with Crippen molar-refractivity contribution in [3.63, 3.8) is 0 Å². The van der Waals surface area contributed by atoms with E-state index in [2.05, 4.69) is 25.5 Å². The minimum absolute atomic E-state index is 0. The zero-order valence-electron chi connectivity index (χ0n) is 16.4. The molecule has 1 aromatic heterocycles. The van der Waals surface area contributed by atoms with Gasteiger partial charge in [0, 0.05) is 50.2 Å². The van der Waals surface area contributed by atoms with Crippen molar-refractivity contribution in [2.24, 2.45) is 4.99 Å². The predicted octanol–water partition coefficient (Wildman–Crippen LogP) is 4.30. The molecule has 2 aromatic rings. The highest BCUT2D eigenvalue weighted by Gasteiger charge is 2.33. The standard InChI is InChI=1S/C19H23F4N5S.HI/c1-24-18(25-8-7-17-27-16(12-29-17)19(21,22)23)26-14-5-3-9-28(11-14)15-6-2-4-13(20)10-15;/h2,4,6,10,12,14H,3,5,7-9,11H2,1H3,(H2,24,25,26);1H. The van der Waals surface area contributed by atoms with Crippen molar-refractivity contribution in [2.45, 2.75) is 31.5 Å². The Labute approximate surface area is 194 Å². The summed E-state index contributed by atoms with van der Waals surface area (Å²) in [5.74, 6) is 0.328. The Kier molecular flexibility index (Phi) is 9.13. The molecule has 0 aliphatic carbocycles. The Balaban J connectivity index is 0.00000320. The molecular formula is C19H24F4IN5S. The number of alkyl halides is 3. The Morgan fingerprint density at radius 3 is 2.83 bits per heavy atom. The van der Waals surface area contributed by atoms with Crippen LogP contribution in [0.4, 0.5) is 23.2 Å². The molecule has 0 amide bonds. The van der Waals surface area contributed by atoms with Gasteiger partial charge in [0.2, 0.25) is 0 Å². The quantitative estimate of drug-likeness (QED) is 0.249. The molecule has 1 fully saturated rings. The normalized spacial score (nSPS) is 17.4. The molecule has 2 N–H and O–H groups in total. The van der Waals surface area contributed by atoms with Gasteiger partial charge in [-0.3, -0.25) is 4.99 Å². The first kappa shape index (κ1) is 24.6. The number of benzene rings is 1. The number of aliphatic imine (C=N–C) groups is 1. The number of hydrogen-bond acceptors (Lipinski definition) is 4. The molecular weight excluding hydrogens is 533 g/mol. The molecule has 166 valence electrons. The monoisotopic (exact) mass is 557 g/mol. The van der Waals surface area contributed by atoms with Gasteiger partial charge < -0.3 is 15.5 Å². The summed E-state index contributed by atoms with van der Waals surface area (Å²) in [5.41, 5.74) is 0.00309. The van der Waals surface area contributed by atoms with Gasteiger partial charge in [-0.25, -0.2) is 9.37 Å². The molecule has 30 heavy (non-hydrogen) atoms. The Morgan fingerprint density at radius 2 is 2.17 bits per heavy atom. The van der Waals surface area contributed by atoms with Crippen LogP contribution >= 0.6 is 35.3 Å². The lowest BCUT2D eigenvalue weighted by Crippen LogP contribution is -2.51. The van der Waals surface area contributed by atoms with Gasteiger partial charge in [-0.05, 0) is 31.0 Å². The fraction of sp³-hybridized carbons (Fsp3) is 0.474. The maximum atomic E-state index is 13.5. The number of thiazole rings is 1. The van der Waals surface area contributed by atoms with E-state index in [1.807, 2.05) is 6.07 Å². The summed E-state index contributed by atoms with van der Waals surface area (Å²) in [5, 5.41) is 7.92. The molecule has 0 radical (unpaired) electrons. The first-order chi connectivity index (χ1) is 13.8. The van der Waals surface area contributed by atoms with E-state index in [0.717, 1.165) is 41.8 Å². The summed E-state index contributed by atoms with van der Waals surface area (Å²) in [6, 6.07) is 6.68. The third-order valence-electron chi connectivity index (χ3n) is 4.63. The highest BCUT2D eigenvalue weighted by atomic mass is 127. The van der Waals surface area contributed by atoms with Crippen LogP contribution in [0.2, 0.25) is 0 Å². The second kappa shape index (κ2) is 11.1. The Morgan fingerprint density at radius 1 is 1.37 bits per heavy atom. The molecule has 1 aliphatic heterocycles. The smallest absolute Gasteiger partial charge is 0.369 e. The van der Waals surface area contributed by atoms with Crippen LogP contribution in [-0.2, 0) is 12.6 Å². The van der Waals surface area contributed by atoms with E-state index in [1.165, 1.54) is 12.1 Å². The highest BCUT2D eigenvalue weighted by Crippen LogP contribution is 2.30. The third kappa shape index (κ3) is 6.96. The van der Waals surface area contributed by atoms with Crippen molar-refractivity contribution in [2.75, 3.05) is 31.6 Å². The van der Waals surface area contributed by atoms with Crippen molar-refractivity contribution < 1.29 is 17.6 Å². The first-order valence-corrected chi connectivity index (χ1v) is 10.2. The van der Waals surface area contributed by atoms with Crippen LogP contribution in [0.25, 0.3) is 0 Å². The van der Waals surface area contributed by atoms with E-state index in [-0.39, 0.29) is 35.8 Å². The average molecular weight is 557 g/mol. The van der Waals surface area contributed by atoms with E-state index in [0.29, 0.717) is 30.5 Å². The topological polar surface area (TPSA) is 52.6 Å². The summed E-state index contributed by atoms with van der Waals surface area (Å²) >= 11 is 1.00. The molecule has 0 spiro atoms. The lowest BCUT2D eigenvalue weighted by molar-refractivity contribution is -0.140. The van der Waals surface area contributed by atoms with Gasteiger partial charge in [0.1, 0.15) is 5.82 Å². The van der Waals surface area contributed by atoms with Crippen molar-refractivity contribution >= 4 is 47.0 Å². The average Bonchev–Trinajstić information content (AvgIpc) is 3.17. The van der Waals surface area contributed by atoms with Crippen LogP contribution in [0.5, 0.6) is 0 Å². The minimum Gasteiger partial charge on any atom is -0.369 e. The predicted molar refractivity (Wildman–Crippen MR) is 122 cm³/mol. The van der Waals surface area contributed by atoms with Crippen LogP contribution in [0, 0.1) is 5.82 Å². The number of piperidine rings is 1. The number of nitrogens with zero attached hydrogens (tertiary/aromatic N) is 3. The number of halogens is 5. The number of hydrogen-bond donors (Lipinski definition) is 2. The number of nitrogens with one attached hydrogen (secondary N) is 2. The molecule has 0 bridgehead atoms. The maximum absolute atomic E-state index is 13.5. The Bertz CT molecular complexity index is 842. The molecule has 1 saturated heterocycles. The maximum Gasteiger partial charge on any atom is 0.434 e. The SMILES string of the molecule is CN=C(NCCc1nc(C(F)(F)F)cs1)NC1CCCN(c2cccc(F)c2)C1.I. The summed E-state index contributed by atoms with van der Waals surface area (Å²) < 4.78 is 51.3. The van der Waals surface area contributed by atoms with Crippen LogP contribution in [0.3, 0.4) is 0 Å². The molecule has 2 heterocycles. The van der Waals surface area contributed by atoms with Crippen LogP contribution in [-0.4, -0.2) is 43.7 Å². The number of anilines is 1. The molecule has 1 unspecified atom stereocenters. The summed E-state index contributed by atoms with van der Waals surface area (Å²) in [6.45, 7) is 2.00. The van der Waals surface area contributed by atoms with Crippen LogP contribution in [0.15, 0.2) is 34.6 Å². The zero-order valence-corrected chi connectivity index (χ0v) is 19.5. The van der Waals surface area contributed by atoms with Gasteiger partial charge in [-0.1, -0.05) is 6.07 Å². The Hall–Kier alpha value is -1.63. The molecule has 3 rings (SSSR count). The lowest BCUT2D eigenvalue weighted by Gasteiger charge is -2.35. The molecule has 11 heteroatoms. The van der Waals surface area contributed by atoms with Gasteiger partial charge in [-0.15, -0.1) is 35.3 Å². The van der Waals surface area contributed by atoms with E-state index >= 15 is 0 Å². The van der Waals surface area contributed by atoms with Crippen molar-refractivity contribution in [3.05, 3.63) is 46.2 Å². The first-order valence-electron chi connectivity index (χ1n) is 9.34. The zero-order chi connectivity index (χ0) is 20.9. The number of rotatable bonds is 5. The van der Waals surface area contributed by atoms with E-state index in [9.17, 15) is 17.6 Å². The summed E-state index contributed by atoms with van der Waals surface area (Å²) in [7, 11) is 1.65. The van der Waals surface area contributed by atoms with Gasteiger partial charge >= 0.3 is 6.18 Å². The highest BCUT2D eigenvalue weighted by molar-refractivity contribution is 14.0. The summed E-state index contributed by atoms with van der Waals surface area (Å²) in [4.78, 5) is 9.95. The van der Waals surface area contributed by atoms with E-state index in [4.69, 9.17) is 0 Å². The second-order valence-electron chi connectivity index (χ2n) is 6.78. The molecule has 0 saturated carbocycles. The van der Waals surface area contributed by atoms with Crippen molar-refractivity contribution in [1.82, 2.24) is 15.6 Å².